The Balaban J connectivity index is 1.79. The number of amides is 1. The van der Waals surface area contributed by atoms with Crippen molar-refractivity contribution in [1.82, 2.24) is 10.2 Å². The van der Waals surface area contributed by atoms with E-state index in [1.165, 1.54) is 16.9 Å². The lowest BCUT2D eigenvalue weighted by Crippen LogP contribution is -2.20. The highest BCUT2D eigenvalue weighted by atomic mass is 32.1. The van der Waals surface area contributed by atoms with E-state index in [4.69, 9.17) is 9.47 Å². The molecule has 0 unspecified atom stereocenters. The number of aryl methyl sites for hydroxylation is 1. The number of aromatic nitrogens is 2. The molecular formula is C15H19N3O3S. The molecule has 0 aliphatic heterocycles. The Bertz CT molecular complexity index is 598. The Morgan fingerprint density at radius 2 is 2.05 bits per heavy atom. The number of rotatable bonds is 8. The number of benzene rings is 1. The van der Waals surface area contributed by atoms with E-state index in [1.54, 1.807) is 7.11 Å². The van der Waals surface area contributed by atoms with Gasteiger partial charge in [0.15, 0.2) is 6.61 Å². The van der Waals surface area contributed by atoms with Gasteiger partial charge in [0.05, 0.1) is 0 Å². The van der Waals surface area contributed by atoms with Gasteiger partial charge in [-0.1, -0.05) is 36.8 Å². The van der Waals surface area contributed by atoms with E-state index in [2.05, 4.69) is 22.4 Å². The van der Waals surface area contributed by atoms with Crippen LogP contribution in [0.25, 0.3) is 0 Å². The lowest BCUT2D eigenvalue weighted by molar-refractivity contribution is -0.118. The Labute approximate surface area is 133 Å². The normalized spacial score (nSPS) is 10.5. The van der Waals surface area contributed by atoms with Gasteiger partial charge in [-0.05, 0) is 24.1 Å². The van der Waals surface area contributed by atoms with Crippen LogP contribution >= 0.6 is 11.3 Å². The number of anilines is 1. The SMILES string of the molecule is CCCc1ccc(OCC(=O)Nc2nnc(COC)s2)cc1. The third-order valence-electron chi connectivity index (χ3n) is 2.81. The molecule has 0 saturated heterocycles. The first-order chi connectivity index (χ1) is 10.7. The smallest absolute Gasteiger partial charge is 0.264 e. The van der Waals surface area contributed by atoms with Crippen LogP contribution in [0.3, 0.4) is 0 Å². The molecule has 0 aliphatic rings. The number of nitrogens with zero attached hydrogens (tertiary/aromatic N) is 2. The van der Waals surface area contributed by atoms with Crippen molar-refractivity contribution in [3.05, 3.63) is 34.8 Å². The van der Waals surface area contributed by atoms with Gasteiger partial charge in [0.25, 0.3) is 5.91 Å². The van der Waals surface area contributed by atoms with E-state index < -0.39 is 0 Å². The molecule has 1 amide bonds. The molecule has 118 valence electrons. The Kier molecular flexibility index (Phi) is 6.29. The molecule has 2 rings (SSSR count). The van der Waals surface area contributed by atoms with Crippen LogP contribution in [-0.2, 0) is 22.6 Å². The molecule has 7 heteroatoms. The molecule has 1 heterocycles. The number of carbonyl (C=O) groups is 1. The van der Waals surface area contributed by atoms with Gasteiger partial charge in [-0.15, -0.1) is 10.2 Å². The number of ether oxygens (including phenoxy) is 2. The standard InChI is InChI=1S/C15H19N3O3S/c1-3-4-11-5-7-12(8-6-11)21-9-13(19)16-15-18-17-14(22-15)10-20-2/h5-8H,3-4,9-10H2,1-2H3,(H,16,18,19). The van der Waals surface area contributed by atoms with Gasteiger partial charge in [-0.2, -0.15) is 0 Å². The maximum absolute atomic E-state index is 11.8. The minimum atomic E-state index is -0.266. The molecule has 0 spiro atoms. The van der Waals surface area contributed by atoms with Crippen molar-refractivity contribution in [2.24, 2.45) is 0 Å². The minimum absolute atomic E-state index is 0.0632. The molecule has 0 saturated carbocycles. The summed E-state index contributed by atoms with van der Waals surface area (Å²) in [7, 11) is 1.58. The number of methoxy groups -OCH3 is 1. The van der Waals surface area contributed by atoms with E-state index in [1.807, 2.05) is 24.3 Å². The number of hydrogen-bond donors (Lipinski definition) is 1. The van der Waals surface area contributed by atoms with Gasteiger partial charge in [0.2, 0.25) is 5.13 Å². The summed E-state index contributed by atoms with van der Waals surface area (Å²) >= 11 is 1.28. The second kappa shape index (κ2) is 8.45. The van der Waals surface area contributed by atoms with Crippen LogP contribution in [0.5, 0.6) is 5.75 Å². The van der Waals surface area contributed by atoms with Gasteiger partial charge in [-0.3, -0.25) is 10.1 Å². The van der Waals surface area contributed by atoms with Crippen LogP contribution < -0.4 is 10.1 Å². The van der Waals surface area contributed by atoms with E-state index >= 15 is 0 Å². The summed E-state index contributed by atoms with van der Waals surface area (Å²) in [5.74, 6) is 0.407. The summed E-state index contributed by atoms with van der Waals surface area (Å²) in [6, 6.07) is 7.77. The summed E-state index contributed by atoms with van der Waals surface area (Å²) < 4.78 is 10.4. The zero-order valence-electron chi connectivity index (χ0n) is 12.7. The molecule has 2 aromatic rings. The summed E-state index contributed by atoms with van der Waals surface area (Å²) in [5.41, 5.74) is 1.26. The molecule has 1 N–H and O–H groups in total. The molecule has 0 radical (unpaired) electrons. The van der Waals surface area contributed by atoms with Crippen LogP contribution in [-0.4, -0.2) is 29.8 Å². The third kappa shape index (κ3) is 5.09. The topological polar surface area (TPSA) is 73.3 Å². The molecule has 0 atom stereocenters. The average molecular weight is 321 g/mol. The van der Waals surface area contributed by atoms with Crippen LogP contribution in [0.15, 0.2) is 24.3 Å². The van der Waals surface area contributed by atoms with E-state index in [0.717, 1.165) is 12.8 Å². The van der Waals surface area contributed by atoms with Crippen molar-refractivity contribution in [2.45, 2.75) is 26.4 Å². The van der Waals surface area contributed by atoms with Gasteiger partial charge in [0, 0.05) is 7.11 Å². The fourth-order valence-electron chi connectivity index (χ4n) is 1.83. The fraction of sp³-hybridized carbons (Fsp3) is 0.400. The summed E-state index contributed by atoms with van der Waals surface area (Å²) in [5, 5.41) is 11.6. The maximum atomic E-state index is 11.8. The van der Waals surface area contributed by atoms with Crippen molar-refractivity contribution in [3.8, 4) is 5.75 Å². The zero-order valence-corrected chi connectivity index (χ0v) is 13.5. The van der Waals surface area contributed by atoms with Crippen molar-refractivity contribution in [1.29, 1.82) is 0 Å². The van der Waals surface area contributed by atoms with E-state index in [0.29, 0.717) is 22.5 Å². The maximum Gasteiger partial charge on any atom is 0.264 e. The van der Waals surface area contributed by atoms with E-state index in [-0.39, 0.29) is 12.5 Å². The van der Waals surface area contributed by atoms with Crippen LogP contribution in [0, 0.1) is 0 Å². The number of nitrogens with one attached hydrogen (secondary N) is 1. The van der Waals surface area contributed by atoms with Crippen molar-refractivity contribution < 1.29 is 14.3 Å². The zero-order chi connectivity index (χ0) is 15.8. The van der Waals surface area contributed by atoms with Gasteiger partial charge < -0.3 is 9.47 Å². The van der Waals surface area contributed by atoms with E-state index in [9.17, 15) is 4.79 Å². The second-order valence-electron chi connectivity index (χ2n) is 4.66. The van der Waals surface area contributed by atoms with Gasteiger partial charge >= 0.3 is 0 Å². The predicted molar refractivity (Wildman–Crippen MR) is 85.2 cm³/mol. The monoisotopic (exact) mass is 321 g/mol. The molecular weight excluding hydrogens is 302 g/mol. The molecule has 0 aliphatic carbocycles. The average Bonchev–Trinajstić information content (AvgIpc) is 2.94. The van der Waals surface area contributed by atoms with Crippen molar-refractivity contribution in [2.75, 3.05) is 19.0 Å². The minimum Gasteiger partial charge on any atom is -0.484 e. The highest BCUT2D eigenvalue weighted by molar-refractivity contribution is 7.15. The van der Waals surface area contributed by atoms with Crippen LogP contribution in [0.2, 0.25) is 0 Å². The first-order valence-corrected chi connectivity index (χ1v) is 7.85. The van der Waals surface area contributed by atoms with Crippen molar-refractivity contribution in [3.63, 3.8) is 0 Å². The summed E-state index contributed by atoms with van der Waals surface area (Å²) in [6.07, 6.45) is 2.15. The second-order valence-corrected chi connectivity index (χ2v) is 5.73. The highest BCUT2D eigenvalue weighted by Gasteiger charge is 2.08. The third-order valence-corrected chi connectivity index (χ3v) is 3.63. The largest absolute Gasteiger partial charge is 0.484 e. The highest BCUT2D eigenvalue weighted by Crippen LogP contribution is 2.16. The Hall–Kier alpha value is -1.99. The predicted octanol–water partition coefficient (Wildman–Crippen LogP) is 2.65. The molecule has 1 aromatic carbocycles. The fourth-order valence-corrected chi connectivity index (χ4v) is 2.56. The quantitative estimate of drug-likeness (QED) is 0.809. The van der Waals surface area contributed by atoms with Gasteiger partial charge in [-0.25, -0.2) is 0 Å². The lowest BCUT2D eigenvalue weighted by Gasteiger charge is -2.06. The lowest BCUT2D eigenvalue weighted by atomic mass is 10.1. The summed E-state index contributed by atoms with van der Waals surface area (Å²) in [6.45, 7) is 2.46. The molecule has 6 nitrogen and oxygen atoms in total. The van der Waals surface area contributed by atoms with Gasteiger partial charge in [0.1, 0.15) is 17.4 Å². The first kappa shape index (κ1) is 16.4. The first-order valence-electron chi connectivity index (χ1n) is 7.04. The van der Waals surface area contributed by atoms with Crippen molar-refractivity contribution >= 4 is 22.4 Å². The molecule has 0 bridgehead atoms. The Morgan fingerprint density at radius 1 is 1.27 bits per heavy atom. The number of carbonyl (C=O) groups excluding carboxylic acids is 1. The number of hydrogen-bond acceptors (Lipinski definition) is 6. The van der Waals surface area contributed by atoms with Crippen LogP contribution in [0.4, 0.5) is 5.13 Å². The van der Waals surface area contributed by atoms with Crippen LogP contribution in [0.1, 0.15) is 23.9 Å². The Morgan fingerprint density at radius 3 is 2.73 bits per heavy atom. The molecule has 22 heavy (non-hydrogen) atoms. The molecule has 0 fully saturated rings. The molecule has 1 aromatic heterocycles. The summed E-state index contributed by atoms with van der Waals surface area (Å²) in [4.78, 5) is 11.8.